The number of alkyl halides is 1. The molecule has 3 aromatic rings. The van der Waals surface area contributed by atoms with Gasteiger partial charge in [0.25, 0.3) is 0 Å². The van der Waals surface area contributed by atoms with E-state index in [0.717, 1.165) is 61.6 Å². The Kier molecular flexibility index (Phi) is 6.05. The molecule has 9 heteroatoms. The van der Waals surface area contributed by atoms with Crippen molar-refractivity contribution < 1.29 is 17.6 Å². The highest BCUT2D eigenvalue weighted by molar-refractivity contribution is 7.92. The SMILES string of the molecule is Cn1nc(C23CCC(CN(C(=O)C45CC(F)(C4)C5)c4cccc(-c5ccc(NS(C)(=O)=O)cc5)c4)(CC2)CC3)cc1C1CC1. The lowest BCUT2D eigenvalue weighted by Gasteiger charge is -2.65. The van der Waals surface area contributed by atoms with Crippen molar-refractivity contribution in [3.63, 3.8) is 0 Å². The highest BCUT2D eigenvalue weighted by Gasteiger charge is 2.73. The average Bonchev–Trinajstić information content (AvgIpc) is 3.74. The fraction of sp³-hybridized carbons (Fsp3) is 0.543. The number of aromatic nitrogens is 2. The number of carbonyl (C=O) groups excluding carboxylic acids is 1. The third-order valence-corrected chi connectivity index (χ3v) is 12.3. The van der Waals surface area contributed by atoms with E-state index in [9.17, 15) is 17.6 Å². The van der Waals surface area contributed by atoms with Gasteiger partial charge in [-0.3, -0.25) is 14.2 Å². The molecule has 2 aromatic carbocycles. The molecular formula is C35H41FN4O3S. The Bertz CT molecular complexity index is 1720. The molecule has 1 N–H and O–H groups in total. The zero-order valence-corrected chi connectivity index (χ0v) is 26.4. The molecule has 0 aliphatic heterocycles. The zero-order chi connectivity index (χ0) is 30.5. The van der Waals surface area contributed by atoms with Gasteiger partial charge in [-0.1, -0.05) is 24.3 Å². The summed E-state index contributed by atoms with van der Waals surface area (Å²) in [6.45, 7) is 0.666. The summed E-state index contributed by atoms with van der Waals surface area (Å²) in [6, 6.07) is 17.7. The van der Waals surface area contributed by atoms with Crippen molar-refractivity contribution >= 4 is 27.3 Å². The number of hydrogen-bond acceptors (Lipinski definition) is 4. The maximum absolute atomic E-state index is 14.6. The van der Waals surface area contributed by atoms with E-state index in [1.807, 2.05) is 35.2 Å². The third-order valence-electron chi connectivity index (χ3n) is 11.7. The van der Waals surface area contributed by atoms with Gasteiger partial charge in [-0.15, -0.1) is 0 Å². The average molecular weight is 617 g/mol. The molecule has 10 rings (SSSR count). The van der Waals surface area contributed by atoms with Gasteiger partial charge in [-0.05, 0) is 118 Å². The van der Waals surface area contributed by atoms with Crippen molar-refractivity contribution in [3.05, 3.63) is 66.0 Å². The molecule has 0 saturated heterocycles. The fourth-order valence-corrected chi connectivity index (χ4v) is 9.54. The minimum Gasteiger partial charge on any atom is -0.311 e. The van der Waals surface area contributed by atoms with Gasteiger partial charge in [0.15, 0.2) is 0 Å². The number of benzene rings is 2. The van der Waals surface area contributed by atoms with Gasteiger partial charge in [0.2, 0.25) is 15.9 Å². The summed E-state index contributed by atoms with van der Waals surface area (Å²) in [4.78, 5) is 16.3. The first kappa shape index (κ1) is 28.3. The summed E-state index contributed by atoms with van der Waals surface area (Å²) in [6.07, 6.45) is 11.2. The van der Waals surface area contributed by atoms with Crippen LogP contribution in [0.3, 0.4) is 0 Å². The molecule has 44 heavy (non-hydrogen) atoms. The van der Waals surface area contributed by atoms with Crippen molar-refractivity contribution in [1.29, 1.82) is 0 Å². The second-order valence-corrected chi connectivity index (χ2v) is 16.7. The number of halogens is 1. The molecular weight excluding hydrogens is 575 g/mol. The number of carbonyl (C=O) groups is 1. The summed E-state index contributed by atoms with van der Waals surface area (Å²) >= 11 is 0. The number of amides is 1. The fourth-order valence-electron chi connectivity index (χ4n) is 8.98. The largest absolute Gasteiger partial charge is 0.311 e. The monoisotopic (exact) mass is 616 g/mol. The molecule has 7 aliphatic rings. The van der Waals surface area contributed by atoms with Gasteiger partial charge in [-0.25, -0.2) is 12.8 Å². The minimum absolute atomic E-state index is 0.0530. The normalized spacial score (nSPS) is 32.1. The van der Waals surface area contributed by atoms with Crippen LogP contribution in [-0.2, 0) is 27.3 Å². The Hall–Kier alpha value is -3.20. The minimum atomic E-state index is -3.36. The summed E-state index contributed by atoms with van der Waals surface area (Å²) in [7, 11) is -1.27. The van der Waals surface area contributed by atoms with Crippen LogP contribution < -0.4 is 9.62 Å². The molecule has 0 unspecified atom stereocenters. The van der Waals surface area contributed by atoms with Crippen LogP contribution in [0.4, 0.5) is 15.8 Å². The van der Waals surface area contributed by atoms with E-state index < -0.39 is 21.1 Å². The second kappa shape index (κ2) is 9.41. The highest BCUT2D eigenvalue weighted by atomic mass is 32.2. The molecule has 232 valence electrons. The first-order chi connectivity index (χ1) is 20.9. The predicted molar refractivity (Wildman–Crippen MR) is 170 cm³/mol. The van der Waals surface area contributed by atoms with Crippen LogP contribution in [0.15, 0.2) is 54.6 Å². The molecule has 0 atom stereocenters. The van der Waals surface area contributed by atoms with Gasteiger partial charge in [0.05, 0.1) is 17.4 Å². The van der Waals surface area contributed by atoms with E-state index in [1.54, 1.807) is 12.1 Å². The smallest absolute Gasteiger partial charge is 0.233 e. The summed E-state index contributed by atoms with van der Waals surface area (Å²) in [5, 5.41) is 5.03. The molecule has 4 bridgehead atoms. The Labute approximate surface area is 259 Å². The van der Waals surface area contributed by atoms with Crippen LogP contribution in [0.25, 0.3) is 11.1 Å². The first-order valence-corrected chi connectivity index (χ1v) is 18.0. The Morgan fingerprint density at radius 2 is 1.64 bits per heavy atom. The van der Waals surface area contributed by atoms with Crippen LogP contribution in [0, 0.1) is 10.8 Å². The number of sulfonamides is 1. The quantitative estimate of drug-likeness (QED) is 0.285. The van der Waals surface area contributed by atoms with E-state index >= 15 is 0 Å². The Balaban J connectivity index is 1.06. The standard InChI is InChI=1S/C35H41FN4O3S/c1-39-29(25-6-7-25)19-30(37-39)33-15-12-32(13-16-33,14-17-33)23-40(31(41)34-20-35(36,21-34)22-34)28-5-3-4-26(18-28)24-8-10-27(11-9-24)38-44(2,42)43/h3-5,8-11,18-19,25,38H,6-7,12-17,20-23H2,1-2H3. The van der Waals surface area contributed by atoms with Crippen LogP contribution in [0.5, 0.6) is 0 Å². The maximum atomic E-state index is 14.6. The Morgan fingerprint density at radius 1 is 0.977 bits per heavy atom. The molecule has 1 amide bonds. The molecule has 7 nitrogen and oxygen atoms in total. The first-order valence-electron chi connectivity index (χ1n) is 16.1. The number of hydrogen-bond donors (Lipinski definition) is 1. The van der Waals surface area contributed by atoms with Gasteiger partial charge in [-0.2, -0.15) is 5.10 Å². The van der Waals surface area contributed by atoms with Gasteiger partial charge in [0.1, 0.15) is 5.67 Å². The number of anilines is 2. The molecule has 0 spiro atoms. The maximum Gasteiger partial charge on any atom is 0.233 e. The Morgan fingerprint density at radius 3 is 2.23 bits per heavy atom. The zero-order valence-electron chi connectivity index (χ0n) is 25.6. The van der Waals surface area contributed by atoms with Crippen LogP contribution >= 0.6 is 0 Å². The van der Waals surface area contributed by atoms with Crippen molar-refractivity contribution in [2.75, 3.05) is 22.4 Å². The highest BCUT2D eigenvalue weighted by Crippen LogP contribution is 2.70. The number of nitrogens with one attached hydrogen (secondary N) is 1. The lowest BCUT2D eigenvalue weighted by Crippen LogP contribution is -2.71. The van der Waals surface area contributed by atoms with E-state index in [4.69, 9.17) is 5.10 Å². The van der Waals surface area contributed by atoms with E-state index in [1.165, 1.54) is 24.2 Å². The number of nitrogens with zero attached hydrogens (tertiary/aromatic N) is 3. The lowest BCUT2D eigenvalue weighted by atomic mass is 9.41. The van der Waals surface area contributed by atoms with E-state index in [2.05, 4.69) is 28.6 Å². The second-order valence-electron chi connectivity index (χ2n) is 15.0. The van der Waals surface area contributed by atoms with Crippen molar-refractivity contribution in [2.24, 2.45) is 17.9 Å². The summed E-state index contributed by atoms with van der Waals surface area (Å²) in [5.74, 6) is 0.763. The third kappa shape index (κ3) is 4.68. The van der Waals surface area contributed by atoms with Crippen molar-refractivity contribution in [3.8, 4) is 11.1 Å². The number of aryl methyl sites for hydroxylation is 1. The van der Waals surface area contributed by atoms with Gasteiger partial charge in [0, 0.05) is 42.0 Å². The summed E-state index contributed by atoms with van der Waals surface area (Å²) < 4.78 is 42.5. The van der Waals surface area contributed by atoms with Crippen molar-refractivity contribution in [2.45, 2.75) is 87.6 Å². The molecule has 0 radical (unpaired) electrons. The van der Waals surface area contributed by atoms with E-state index in [0.29, 0.717) is 37.4 Å². The number of rotatable bonds is 9. The molecule has 7 fully saturated rings. The van der Waals surface area contributed by atoms with Gasteiger partial charge < -0.3 is 4.90 Å². The van der Waals surface area contributed by atoms with Gasteiger partial charge >= 0.3 is 0 Å². The lowest BCUT2D eigenvalue weighted by molar-refractivity contribution is -0.211. The van der Waals surface area contributed by atoms with E-state index in [-0.39, 0.29) is 16.7 Å². The molecule has 1 heterocycles. The van der Waals surface area contributed by atoms with Crippen LogP contribution in [-0.4, -0.2) is 42.6 Å². The molecule has 7 aliphatic carbocycles. The summed E-state index contributed by atoms with van der Waals surface area (Å²) in [5.41, 5.74) is 4.43. The van der Waals surface area contributed by atoms with Crippen LogP contribution in [0.1, 0.15) is 87.9 Å². The van der Waals surface area contributed by atoms with Crippen molar-refractivity contribution in [1.82, 2.24) is 9.78 Å². The molecule has 1 aromatic heterocycles. The van der Waals surface area contributed by atoms with Crippen LogP contribution in [0.2, 0.25) is 0 Å². The topological polar surface area (TPSA) is 84.3 Å². The molecule has 7 saturated carbocycles. The predicted octanol–water partition coefficient (Wildman–Crippen LogP) is 6.85. The number of fused-ring (bicyclic) bond motifs is 3.